The van der Waals surface area contributed by atoms with Crippen molar-refractivity contribution in [1.29, 1.82) is 0 Å². The van der Waals surface area contributed by atoms with Gasteiger partial charge in [-0.2, -0.15) is 0 Å². The minimum Gasteiger partial charge on any atom is -0.479 e. The molecule has 2 aliphatic rings. The Labute approximate surface area is 102 Å². The van der Waals surface area contributed by atoms with Crippen LogP contribution in [0.25, 0.3) is 0 Å². The summed E-state index contributed by atoms with van der Waals surface area (Å²) in [6, 6.07) is 0. The van der Waals surface area contributed by atoms with Gasteiger partial charge in [0.15, 0.2) is 5.54 Å². The normalized spacial score (nSPS) is 29.9. The van der Waals surface area contributed by atoms with Gasteiger partial charge in [0.1, 0.15) is 0 Å². The molecule has 0 bridgehead atoms. The molecule has 3 heteroatoms. The van der Waals surface area contributed by atoms with Crippen molar-refractivity contribution in [3.63, 3.8) is 0 Å². The average Bonchev–Trinajstić information content (AvgIpc) is 2.72. The molecule has 0 spiro atoms. The number of carboxylic acid groups (broad SMARTS) is 1. The first-order valence-electron chi connectivity index (χ1n) is 6.39. The molecule has 0 aromatic carbocycles. The highest BCUT2D eigenvalue weighted by molar-refractivity contribution is 5.86. The standard InChI is InChI=1S/C14H19NO2/c16-13(17)14(10-6-3-7-11-15-14)12-8-4-1-2-5-9-12/h3,6-7,10-12H,1-2,4-5,8-9H2,(H,16,17). The number of aliphatic carboxylic acids is 1. The van der Waals surface area contributed by atoms with Crippen molar-refractivity contribution in [3.8, 4) is 0 Å². The van der Waals surface area contributed by atoms with E-state index in [1.165, 1.54) is 12.8 Å². The Balaban J connectivity index is 2.29. The lowest BCUT2D eigenvalue weighted by molar-refractivity contribution is -0.143. The molecule has 1 N–H and O–H groups in total. The molecule has 1 saturated carbocycles. The molecule has 2 rings (SSSR count). The van der Waals surface area contributed by atoms with E-state index in [4.69, 9.17) is 0 Å². The molecular formula is C14H19NO2. The van der Waals surface area contributed by atoms with Crippen molar-refractivity contribution in [2.75, 3.05) is 0 Å². The van der Waals surface area contributed by atoms with E-state index in [2.05, 4.69) is 4.99 Å². The third kappa shape index (κ3) is 2.48. The third-order valence-corrected chi connectivity index (χ3v) is 3.77. The number of carbonyl (C=O) groups is 1. The third-order valence-electron chi connectivity index (χ3n) is 3.77. The molecule has 1 heterocycles. The van der Waals surface area contributed by atoms with E-state index in [1.807, 2.05) is 12.2 Å². The van der Waals surface area contributed by atoms with Gasteiger partial charge in [0, 0.05) is 6.21 Å². The van der Waals surface area contributed by atoms with Crippen molar-refractivity contribution in [2.45, 2.75) is 44.1 Å². The van der Waals surface area contributed by atoms with Crippen molar-refractivity contribution < 1.29 is 9.90 Å². The van der Waals surface area contributed by atoms with Crippen LogP contribution in [0.3, 0.4) is 0 Å². The van der Waals surface area contributed by atoms with E-state index in [9.17, 15) is 9.90 Å². The van der Waals surface area contributed by atoms with Crippen molar-refractivity contribution in [3.05, 3.63) is 24.3 Å². The van der Waals surface area contributed by atoms with Crippen LogP contribution in [0, 0.1) is 5.92 Å². The molecule has 17 heavy (non-hydrogen) atoms. The largest absolute Gasteiger partial charge is 0.479 e. The first-order valence-corrected chi connectivity index (χ1v) is 6.39. The highest BCUT2D eigenvalue weighted by atomic mass is 16.4. The zero-order valence-electron chi connectivity index (χ0n) is 10.0. The van der Waals surface area contributed by atoms with Crippen LogP contribution in [0.15, 0.2) is 29.3 Å². The predicted octanol–water partition coefficient (Wildman–Crippen LogP) is 2.98. The van der Waals surface area contributed by atoms with Crippen molar-refractivity contribution in [1.82, 2.24) is 0 Å². The fourth-order valence-corrected chi connectivity index (χ4v) is 2.79. The Hall–Kier alpha value is -1.38. The van der Waals surface area contributed by atoms with Gasteiger partial charge in [0.2, 0.25) is 0 Å². The quantitative estimate of drug-likeness (QED) is 0.745. The summed E-state index contributed by atoms with van der Waals surface area (Å²) in [5.41, 5.74) is -1.03. The number of hydrogen-bond donors (Lipinski definition) is 1. The van der Waals surface area contributed by atoms with Crippen LogP contribution in [-0.2, 0) is 4.79 Å². The van der Waals surface area contributed by atoms with Gasteiger partial charge in [0.25, 0.3) is 0 Å². The number of hydrogen-bond acceptors (Lipinski definition) is 2. The second-order valence-electron chi connectivity index (χ2n) is 4.84. The minimum absolute atomic E-state index is 0.134. The maximum Gasteiger partial charge on any atom is 0.335 e. The zero-order chi connectivity index (χ0) is 12.1. The van der Waals surface area contributed by atoms with Crippen LogP contribution in [-0.4, -0.2) is 22.8 Å². The molecule has 92 valence electrons. The van der Waals surface area contributed by atoms with E-state index >= 15 is 0 Å². The van der Waals surface area contributed by atoms with E-state index in [-0.39, 0.29) is 5.92 Å². The lowest BCUT2D eigenvalue weighted by atomic mass is 9.79. The SMILES string of the molecule is O=C(O)C1(C2CCCCCC2)C=CC=CC=N1. The van der Waals surface area contributed by atoms with Crippen molar-refractivity contribution in [2.24, 2.45) is 10.9 Å². The van der Waals surface area contributed by atoms with E-state index in [0.717, 1.165) is 25.7 Å². The fourth-order valence-electron chi connectivity index (χ4n) is 2.79. The van der Waals surface area contributed by atoms with Crippen LogP contribution in [0.1, 0.15) is 38.5 Å². The number of rotatable bonds is 2. The molecule has 1 fully saturated rings. The summed E-state index contributed by atoms with van der Waals surface area (Å²) < 4.78 is 0. The molecule has 0 aromatic heterocycles. The predicted molar refractivity (Wildman–Crippen MR) is 68.3 cm³/mol. The van der Waals surface area contributed by atoms with Crippen LogP contribution >= 0.6 is 0 Å². The Kier molecular flexibility index (Phi) is 3.77. The summed E-state index contributed by atoms with van der Waals surface area (Å²) in [4.78, 5) is 16.0. The van der Waals surface area contributed by atoms with Crippen LogP contribution in [0.2, 0.25) is 0 Å². The summed E-state index contributed by atoms with van der Waals surface area (Å²) >= 11 is 0. The first kappa shape index (κ1) is 12.1. The maximum atomic E-state index is 11.6. The number of nitrogens with zero attached hydrogens (tertiary/aromatic N) is 1. The summed E-state index contributed by atoms with van der Waals surface area (Å²) in [5, 5.41) is 9.57. The highest BCUT2D eigenvalue weighted by Crippen LogP contribution is 2.36. The van der Waals surface area contributed by atoms with Gasteiger partial charge in [-0.15, -0.1) is 0 Å². The minimum atomic E-state index is -1.03. The second-order valence-corrected chi connectivity index (χ2v) is 4.84. The number of carboxylic acids is 1. The number of aliphatic imine (C=N–C) groups is 1. The van der Waals surface area contributed by atoms with Gasteiger partial charge in [-0.25, -0.2) is 4.79 Å². The second kappa shape index (κ2) is 5.30. The van der Waals surface area contributed by atoms with E-state index in [1.54, 1.807) is 18.4 Å². The van der Waals surface area contributed by atoms with E-state index in [0.29, 0.717) is 0 Å². The van der Waals surface area contributed by atoms with Gasteiger partial charge in [-0.1, -0.05) is 37.8 Å². The molecule has 0 radical (unpaired) electrons. The van der Waals surface area contributed by atoms with Gasteiger partial charge >= 0.3 is 5.97 Å². The van der Waals surface area contributed by atoms with Crippen LogP contribution < -0.4 is 0 Å². The van der Waals surface area contributed by atoms with Gasteiger partial charge in [0.05, 0.1) is 0 Å². The summed E-state index contributed by atoms with van der Waals surface area (Å²) in [6.45, 7) is 0. The Morgan fingerprint density at radius 3 is 2.47 bits per heavy atom. The topological polar surface area (TPSA) is 49.7 Å². The average molecular weight is 233 g/mol. The van der Waals surface area contributed by atoms with Gasteiger partial charge in [-0.3, -0.25) is 4.99 Å². The first-order chi connectivity index (χ1) is 8.26. The Bertz CT molecular complexity index is 344. The lowest BCUT2D eigenvalue weighted by Crippen LogP contribution is -2.42. The van der Waals surface area contributed by atoms with E-state index < -0.39 is 11.5 Å². The molecule has 1 atom stereocenters. The molecule has 1 aliphatic heterocycles. The lowest BCUT2D eigenvalue weighted by Gasteiger charge is -2.30. The van der Waals surface area contributed by atoms with Crippen LogP contribution in [0.4, 0.5) is 0 Å². The van der Waals surface area contributed by atoms with Gasteiger partial charge in [-0.05, 0) is 30.9 Å². The summed E-state index contributed by atoms with van der Waals surface area (Å²) in [7, 11) is 0. The zero-order valence-corrected chi connectivity index (χ0v) is 10.0. The molecule has 0 amide bonds. The Morgan fingerprint density at radius 1 is 1.12 bits per heavy atom. The van der Waals surface area contributed by atoms with Gasteiger partial charge < -0.3 is 5.11 Å². The smallest absolute Gasteiger partial charge is 0.335 e. The Morgan fingerprint density at radius 2 is 1.82 bits per heavy atom. The maximum absolute atomic E-state index is 11.6. The number of allylic oxidation sites excluding steroid dienone is 3. The summed E-state index contributed by atoms with van der Waals surface area (Å²) in [6.07, 6.45) is 15.4. The molecule has 0 saturated heterocycles. The molecule has 1 aliphatic carbocycles. The fraction of sp³-hybridized carbons (Fsp3) is 0.571. The summed E-state index contributed by atoms with van der Waals surface area (Å²) in [5.74, 6) is -0.685. The highest BCUT2D eigenvalue weighted by Gasteiger charge is 2.43. The molecule has 3 nitrogen and oxygen atoms in total. The van der Waals surface area contributed by atoms with Crippen molar-refractivity contribution >= 4 is 12.2 Å². The molecular weight excluding hydrogens is 214 g/mol. The molecule has 1 unspecified atom stereocenters. The van der Waals surface area contributed by atoms with Crippen LogP contribution in [0.5, 0.6) is 0 Å². The molecule has 0 aromatic rings. The monoisotopic (exact) mass is 233 g/mol.